The van der Waals surface area contributed by atoms with Crippen LogP contribution in [0.1, 0.15) is 41.5 Å². The second kappa shape index (κ2) is 7.89. The summed E-state index contributed by atoms with van der Waals surface area (Å²) < 4.78 is 20.9. The van der Waals surface area contributed by atoms with Crippen LogP contribution in [0, 0.1) is 5.41 Å². The SMILES string of the molecule is C=C(C)C(=O)[O][Zr](=[O])([O]OCC(C)(C)C)([C](=O)C(=C)C)[C](=O)C(=C)C. The molecule has 0 unspecified atom stereocenters. The quantitative estimate of drug-likeness (QED) is 0.313. The van der Waals surface area contributed by atoms with Gasteiger partial charge in [0.1, 0.15) is 0 Å². The summed E-state index contributed by atoms with van der Waals surface area (Å²) in [6.45, 7) is 19.1. The second-order valence-electron chi connectivity index (χ2n) is 7.28. The molecule has 7 nitrogen and oxygen atoms in total. The minimum absolute atomic E-state index is 0.114. The fourth-order valence-electron chi connectivity index (χ4n) is 1.59. The van der Waals surface area contributed by atoms with Gasteiger partial charge in [0.05, 0.1) is 0 Å². The van der Waals surface area contributed by atoms with E-state index in [4.69, 9.17) is 10.7 Å². The number of hydrogen-bond donors (Lipinski definition) is 0. The van der Waals surface area contributed by atoms with E-state index in [1.165, 1.54) is 20.8 Å². The summed E-state index contributed by atoms with van der Waals surface area (Å²) >= 11 is -7.34. The molecule has 0 fully saturated rings. The molecule has 0 amide bonds. The molecule has 0 aromatic heterocycles. The summed E-state index contributed by atoms with van der Waals surface area (Å²) in [5.41, 5.74) is -1.15. The predicted octanol–water partition coefficient (Wildman–Crippen LogP) is 3.17. The van der Waals surface area contributed by atoms with Crippen LogP contribution in [0.25, 0.3) is 0 Å². The van der Waals surface area contributed by atoms with Gasteiger partial charge in [0.25, 0.3) is 0 Å². The van der Waals surface area contributed by atoms with Crippen molar-refractivity contribution in [2.24, 2.45) is 5.41 Å². The molecule has 0 aromatic carbocycles. The van der Waals surface area contributed by atoms with E-state index in [9.17, 15) is 17.2 Å². The van der Waals surface area contributed by atoms with Crippen LogP contribution in [0.4, 0.5) is 0 Å². The van der Waals surface area contributed by atoms with Gasteiger partial charge in [-0.1, -0.05) is 0 Å². The normalized spacial score (nSPS) is 12.3. The average Bonchev–Trinajstić information content (AvgIpc) is 2.43. The Bertz CT molecular complexity index is 677. The Labute approximate surface area is 150 Å². The van der Waals surface area contributed by atoms with Crippen molar-refractivity contribution in [2.45, 2.75) is 41.5 Å². The Morgan fingerprint density at radius 3 is 1.56 bits per heavy atom. The van der Waals surface area contributed by atoms with Crippen LogP contribution < -0.4 is 0 Å². The first kappa shape index (κ1) is 23.6. The van der Waals surface area contributed by atoms with E-state index in [1.54, 1.807) is 20.8 Å². The molecule has 25 heavy (non-hydrogen) atoms. The van der Waals surface area contributed by atoms with Crippen LogP contribution in [0.3, 0.4) is 0 Å². The molecular weight excluding hydrogens is 407 g/mol. The first-order valence-electron chi connectivity index (χ1n) is 7.55. The van der Waals surface area contributed by atoms with Crippen LogP contribution in [0.15, 0.2) is 36.5 Å². The molecule has 0 N–H and O–H groups in total. The summed E-state index contributed by atoms with van der Waals surface area (Å²) in [6.07, 6.45) is 0. The average molecular weight is 434 g/mol. The monoisotopic (exact) mass is 432 g/mol. The van der Waals surface area contributed by atoms with Gasteiger partial charge in [-0.2, -0.15) is 0 Å². The zero-order chi connectivity index (χ0) is 20.2. The van der Waals surface area contributed by atoms with Gasteiger partial charge in [0.15, 0.2) is 0 Å². The summed E-state index contributed by atoms with van der Waals surface area (Å²) in [7, 11) is 0. The minimum atomic E-state index is -7.34. The Kier molecular flexibility index (Phi) is 7.46. The van der Waals surface area contributed by atoms with Crippen LogP contribution in [-0.2, 0) is 47.5 Å². The molecule has 0 spiro atoms. The number of rotatable bonds is 9. The number of allylic oxidation sites excluding steroid dienone is 2. The van der Waals surface area contributed by atoms with Gasteiger partial charge >= 0.3 is 151 Å². The van der Waals surface area contributed by atoms with Crippen LogP contribution >= 0.6 is 0 Å². The zero-order valence-corrected chi connectivity index (χ0v) is 18.1. The Hall–Kier alpha value is -1.37. The fraction of sp³-hybridized carbons (Fsp3) is 0.471. The van der Waals surface area contributed by atoms with Gasteiger partial charge < -0.3 is 0 Å². The number of carbonyl (C=O) groups is 3. The molecular formula is C17H26O7Zr. The van der Waals surface area contributed by atoms with Crippen LogP contribution in [0.5, 0.6) is 0 Å². The van der Waals surface area contributed by atoms with E-state index >= 15 is 0 Å². The maximum atomic E-state index is 13.7. The van der Waals surface area contributed by atoms with Gasteiger partial charge in [0, 0.05) is 0 Å². The van der Waals surface area contributed by atoms with Crippen molar-refractivity contribution in [1.82, 2.24) is 0 Å². The standard InChI is InChI=1S/C5H12O2.C4H6O2.2C4H5O.O.Zr/c1-5(2,3)4-7-6;1-3(2)4(5)6;2*1-4(2)3-5;;/h6H,4H2,1-3H3;1H2,2H3,(H,5,6);2*1H2,2H3;;/q;;;;;+2/p-2. The molecule has 0 atom stereocenters. The van der Waals surface area contributed by atoms with Crippen molar-refractivity contribution in [3.63, 3.8) is 0 Å². The number of hydrogen-bond acceptors (Lipinski definition) is 7. The first-order chi connectivity index (χ1) is 11.1. The number of carbonyl (C=O) groups excluding carboxylic acids is 3. The van der Waals surface area contributed by atoms with Gasteiger partial charge in [-0.3, -0.25) is 0 Å². The van der Waals surface area contributed by atoms with E-state index in [-0.39, 0.29) is 23.3 Å². The molecule has 0 rings (SSSR count). The van der Waals surface area contributed by atoms with Gasteiger partial charge in [-0.15, -0.1) is 0 Å². The van der Waals surface area contributed by atoms with Crippen molar-refractivity contribution in [3.8, 4) is 0 Å². The molecule has 0 aliphatic heterocycles. The topological polar surface area (TPSA) is 96.0 Å². The summed E-state index contributed by atoms with van der Waals surface area (Å²) in [4.78, 5) is 42.3. The molecule has 0 aliphatic rings. The first-order valence-corrected chi connectivity index (χ1v) is 13.0. The molecule has 0 bridgehead atoms. The van der Waals surface area contributed by atoms with E-state index in [2.05, 4.69) is 19.7 Å². The summed E-state index contributed by atoms with van der Waals surface area (Å²) in [5, 5.41) is 0. The van der Waals surface area contributed by atoms with Crippen molar-refractivity contribution in [1.29, 1.82) is 0 Å². The predicted molar refractivity (Wildman–Crippen MR) is 87.7 cm³/mol. The van der Waals surface area contributed by atoms with Gasteiger partial charge in [-0.25, -0.2) is 0 Å². The van der Waals surface area contributed by atoms with E-state index in [0.717, 1.165) is 0 Å². The second-order valence-corrected chi connectivity index (χ2v) is 15.3. The molecule has 140 valence electrons. The molecule has 0 radical (unpaired) electrons. The van der Waals surface area contributed by atoms with E-state index in [0.29, 0.717) is 0 Å². The Morgan fingerprint density at radius 1 is 0.880 bits per heavy atom. The van der Waals surface area contributed by atoms with Crippen LogP contribution in [-0.4, -0.2) is 19.6 Å². The van der Waals surface area contributed by atoms with Crippen molar-refractivity contribution >= 4 is 13.0 Å². The molecule has 0 saturated carbocycles. The van der Waals surface area contributed by atoms with Crippen molar-refractivity contribution < 1.29 is 47.5 Å². The van der Waals surface area contributed by atoms with Crippen molar-refractivity contribution in [3.05, 3.63) is 36.5 Å². The molecule has 0 aliphatic carbocycles. The van der Waals surface area contributed by atoms with Gasteiger partial charge in [0.2, 0.25) is 0 Å². The molecule has 0 saturated heterocycles. The van der Waals surface area contributed by atoms with Crippen LogP contribution in [0.2, 0.25) is 0 Å². The Balaban J connectivity index is 6.39. The fourth-order valence-corrected chi connectivity index (χ4v) is 8.56. The van der Waals surface area contributed by atoms with Crippen molar-refractivity contribution in [2.75, 3.05) is 6.61 Å². The third-order valence-electron chi connectivity index (χ3n) is 2.89. The van der Waals surface area contributed by atoms with E-state index in [1.807, 2.05) is 0 Å². The maximum absolute atomic E-state index is 13.7. The molecule has 0 aromatic rings. The van der Waals surface area contributed by atoms with Gasteiger partial charge in [-0.05, 0) is 0 Å². The summed E-state index contributed by atoms with van der Waals surface area (Å²) in [5.74, 6) is -1.20. The Morgan fingerprint density at radius 2 is 1.28 bits per heavy atom. The third kappa shape index (κ3) is 5.56. The molecule has 8 heteroatoms. The third-order valence-corrected chi connectivity index (χ3v) is 11.2. The van der Waals surface area contributed by atoms with E-state index < -0.39 is 38.0 Å². The molecule has 0 heterocycles. The zero-order valence-electron chi connectivity index (χ0n) is 15.7. The summed E-state index contributed by atoms with van der Waals surface area (Å²) in [6, 6.07) is 0.